The molecule has 15 heavy (non-hydrogen) atoms. The van der Waals surface area contributed by atoms with Crippen LogP contribution in [0.2, 0.25) is 0 Å². The Bertz CT molecular complexity index is 376. The number of rotatable bonds is 4. The molecule has 82 valence electrons. The van der Waals surface area contributed by atoms with Gasteiger partial charge in [0.05, 0.1) is 19.4 Å². The number of hydrogen-bond acceptors (Lipinski definition) is 4. The number of carbonyl (C=O) groups is 1. The molecule has 1 aromatic heterocycles. The number of aromatic nitrogens is 1. The lowest BCUT2D eigenvalue weighted by Crippen LogP contribution is -2.07. The molecule has 0 fully saturated rings. The number of nitrogens with zero attached hydrogens (tertiary/aromatic N) is 1. The van der Waals surface area contributed by atoms with Crippen LogP contribution in [0.15, 0.2) is 6.20 Å². The van der Waals surface area contributed by atoms with E-state index in [1.54, 1.807) is 14.0 Å². The Morgan fingerprint density at radius 1 is 1.53 bits per heavy atom. The number of methoxy groups -OCH3 is 2. The van der Waals surface area contributed by atoms with Crippen molar-refractivity contribution >= 4 is 5.97 Å². The fourth-order valence-electron chi connectivity index (χ4n) is 1.33. The predicted octanol–water partition coefficient (Wildman–Crippen LogP) is 1.24. The minimum Gasteiger partial charge on any atom is -0.495 e. The fraction of sp³-hybridized carbons (Fsp3) is 0.400. The lowest BCUT2D eigenvalue weighted by Gasteiger charge is -2.11. The molecule has 0 aliphatic heterocycles. The second-order valence-corrected chi connectivity index (χ2v) is 3.01. The molecule has 0 spiro atoms. The van der Waals surface area contributed by atoms with Gasteiger partial charge < -0.3 is 14.6 Å². The molecule has 1 N–H and O–H groups in total. The van der Waals surface area contributed by atoms with E-state index in [4.69, 9.17) is 14.6 Å². The van der Waals surface area contributed by atoms with Crippen LogP contribution in [0.25, 0.3) is 0 Å². The number of pyridine rings is 1. The summed E-state index contributed by atoms with van der Waals surface area (Å²) in [6.07, 6.45) is 1.28. The minimum atomic E-state index is -1.05. The number of aromatic carboxylic acids is 1. The van der Waals surface area contributed by atoms with E-state index in [2.05, 4.69) is 4.98 Å². The molecule has 0 unspecified atom stereocenters. The third kappa shape index (κ3) is 2.24. The Hall–Kier alpha value is -1.62. The van der Waals surface area contributed by atoms with E-state index in [0.29, 0.717) is 23.6 Å². The first-order chi connectivity index (χ1) is 7.11. The lowest BCUT2D eigenvalue weighted by molar-refractivity contribution is 0.0692. The Morgan fingerprint density at radius 3 is 2.67 bits per heavy atom. The third-order valence-corrected chi connectivity index (χ3v) is 2.08. The number of carboxylic acid groups (broad SMARTS) is 1. The van der Waals surface area contributed by atoms with E-state index in [1.165, 1.54) is 13.3 Å². The molecular weight excluding hydrogens is 198 g/mol. The van der Waals surface area contributed by atoms with Crippen LogP contribution >= 0.6 is 0 Å². The van der Waals surface area contributed by atoms with Gasteiger partial charge in [-0.1, -0.05) is 0 Å². The van der Waals surface area contributed by atoms with Crippen LogP contribution in [-0.4, -0.2) is 30.3 Å². The van der Waals surface area contributed by atoms with Crippen molar-refractivity contribution in [2.24, 2.45) is 0 Å². The maximum absolute atomic E-state index is 10.9. The van der Waals surface area contributed by atoms with Crippen LogP contribution in [0.3, 0.4) is 0 Å². The van der Waals surface area contributed by atoms with Gasteiger partial charge in [0.25, 0.3) is 0 Å². The van der Waals surface area contributed by atoms with Crippen LogP contribution in [-0.2, 0) is 11.3 Å². The molecule has 0 aliphatic rings. The van der Waals surface area contributed by atoms with Gasteiger partial charge in [0.15, 0.2) is 0 Å². The number of carboxylic acids is 1. The van der Waals surface area contributed by atoms with Crippen LogP contribution < -0.4 is 4.74 Å². The second kappa shape index (κ2) is 4.75. The Morgan fingerprint density at radius 2 is 2.20 bits per heavy atom. The summed E-state index contributed by atoms with van der Waals surface area (Å²) in [6.45, 7) is 2.09. The average Bonchev–Trinajstić information content (AvgIpc) is 2.20. The molecule has 0 saturated heterocycles. The van der Waals surface area contributed by atoms with E-state index < -0.39 is 5.97 Å². The summed E-state index contributed by atoms with van der Waals surface area (Å²) in [5.41, 5.74) is 1.44. The molecule has 1 heterocycles. The van der Waals surface area contributed by atoms with E-state index in [9.17, 15) is 4.79 Å². The lowest BCUT2D eigenvalue weighted by atomic mass is 10.1. The zero-order chi connectivity index (χ0) is 11.4. The van der Waals surface area contributed by atoms with Gasteiger partial charge in [-0.05, 0) is 6.92 Å². The van der Waals surface area contributed by atoms with E-state index in [-0.39, 0.29) is 5.56 Å². The highest BCUT2D eigenvalue weighted by Gasteiger charge is 2.16. The third-order valence-electron chi connectivity index (χ3n) is 2.08. The predicted molar refractivity (Wildman–Crippen MR) is 53.2 cm³/mol. The first-order valence-electron chi connectivity index (χ1n) is 4.36. The highest BCUT2D eigenvalue weighted by molar-refractivity contribution is 5.91. The van der Waals surface area contributed by atoms with Crippen LogP contribution in [0.5, 0.6) is 5.75 Å². The van der Waals surface area contributed by atoms with Gasteiger partial charge in [0.1, 0.15) is 11.3 Å². The monoisotopic (exact) mass is 211 g/mol. The summed E-state index contributed by atoms with van der Waals surface area (Å²) in [5.74, 6) is -0.712. The van der Waals surface area contributed by atoms with Crippen molar-refractivity contribution in [3.8, 4) is 5.75 Å². The standard InChI is InChI=1S/C10H13NO4/c1-6-8(5-14-2)11-4-7(10(12)13)9(6)15-3/h4H,5H2,1-3H3,(H,12,13). The topological polar surface area (TPSA) is 68.7 Å². The highest BCUT2D eigenvalue weighted by Crippen LogP contribution is 2.25. The van der Waals surface area contributed by atoms with Gasteiger partial charge in [0.2, 0.25) is 0 Å². The molecule has 0 atom stereocenters. The fourth-order valence-corrected chi connectivity index (χ4v) is 1.33. The maximum Gasteiger partial charge on any atom is 0.341 e. The molecule has 1 rings (SSSR count). The smallest absolute Gasteiger partial charge is 0.341 e. The Kier molecular flexibility index (Phi) is 3.62. The van der Waals surface area contributed by atoms with Gasteiger partial charge in [-0.3, -0.25) is 4.98 Å². The minimum absolute atomic E-state index is 0.0647. The molecule has 5 nitrogen and oxygen atoms in total. The van der Waals surface area contributed by atoms with Crippen molar-refractivity contribution in [3.63, 3.8) is 0 Å². The molecule has 0 saturated carbocycles. The SMILES string of the molecule is COCc1ncc(C(=O)O)c(OC)c1C. The first kappa shape index (κ1) is 11.5. The van der Waals surface area contributed by atoms with E-state index >= 15 is 0 Å². The Labute approximate surface area is 87.7 Å². The molecule has 5 heteroatoms. The molecular formula is C10H13NO4. The van der Waals surface area contributed by atoms with Crippen LogP contribution in [0, 0.1) is 6.92 Å². The summed E-state index contributed by atoms with van der Waals surface area (Å²) < 4.78 is 9.99. The normalized spacial score (nSPS) is 10.1. The maximum atomic E-state index is 10.9. The molecule has 0 bridgehead atoms. The van der Waals surface area contributed by atoms with E-state index in [1.807, 2.05) is 0 Å². The van der Waals surface area contributed by atoms with Crippen molar-refractivity contribution in [2.75, 3.05) is 14.2 Å². The zero-order valence-corrected chi connectivity index (χ0v) is 8.90. The zero-order valence-electron chi connectivity index (χ0n) is 8.90. The summed E-state index contributed by atoms with van der Waals surface area (Å²) in [4.78, 5) is 14.9. The quantitative estimate of drug-likeness (QED) is 0.811. The van der Waals surface area contributed by atoms with Gasteiger partial charge in [0, 0.05) is 18.9 Å². The van der Waals surface area contributed by atoms with E-state index in [0.717, 1.165) is 0 Å². The highest BCUT2D eigenvalue weighted by atomic mass is 16.5. The van der Waals surface area contributed by atoms with Gasteiger partial charge in [-0.2, -0.15) is 0 Å². The van der Waals surface area contributed by atoms with Crippen LogP contribution in [0.1, 0.15) is 21.6 Å². The second-order valence-electron chi connectivity index (χ2n) is 3.01. The average molecular weight is 211 g/mol. The summed E-state index contributed by atoms with van der Waals surface area (Å²) in [6, 6.07) is 0. The summed E-state index contributed by atoms with van der Waals surface area (Å²) in [5, 5.41) is 8.89. The molecule has 0 radical (unpaired) electrons. The molecule has 0 amide bonds. The van der Waals surface area contributed by atoms with Crippen LogP contribution in [0.4, 0.5) is 0 Å². The van der Waals surface area contributed by atoms with Crippen molar-refractivity contribution in [1.82, 2.24) is 4.98 Å². The van der Waals surface area contributed by atoms with Crippen molar-refractivity contribution in [3.05, 3.63) is 23.0 Å². The first-order valence-corrected chi connectivity index (χ1v) is 4.36. The Balaban J connectivity index is 3.26. The van der Waals surface area contributed by atoms with Gasteiger partial charge >= 0.3 is 5.97 Å². The molecule has 0 aliphatic carbocycles. The molecule has 1 aromatic rings. The van der Waals surface area contributed by atoms with Gasteiger partial charge in [-0.15, -0.1) is 0 Å². The molecule has 0 aromatic carbocycles. The van der Waals surface area contributed by atoms with Crippen molar-refractivity contribution in [2.45, 2.75) is 13.5 Å². The largest absolute Gasteiger partial charge is 0.495 e. The summed E-state index contributed by atoms with van der Waals surface area (Å²) in [7, 11) is 2.99. The number of ether oxygens (including phenoxy) is 2. The number of hydrogen-bond donors (Lipinski definition) is 1. The summed E-state index contributed by atoms with van der Waals surface area (Å²) >= 11 is 0. The van der Waals surface area contributed by atoms with Crippen molar-refractivity contribution in [1.29, 1.82) is 0 Å². The van der Waals surface area contributed by atoms with Crippen molar-refractivity contribution < 1.29 is 19.4 Å². The van der Waals surface area contributed by atoms with Gasteiger partial charge in [-0.25, -0.2) is 4.79 Å².